The lowest BCUT2D eigenvalue weighted by atomic mass is 10.1. The van der Waals surface area contributed by atoms with Crippen molar-refractivity contribution < 1.29 is 27.8 Å². The minimum Gasteiger partial charge on any atom is -0.488 e. The highest BCUT2D eigenvalue weighted by Gasteiger charge is 2.29. The summed E-state index contributed by atoms with van der Waals surface area (Å²) >= 11 is 0. The average molecular weight is 421 g/mol. The minimum atomic E-state index is -1.49. The molecule has 2 aromatic carbocycles. The van der Waals surface area contributed by atoms with Gasteiger partial charge in [-0.1, -0.05) is 24.3 Å². The van der Waals surface area contributed by atoms with Gasteiger partial charge in [-0.05, 0) is 24.6 Å². The van der Waals surface area contributed by atoms with Crippen LogP contribution in [0.2, 0.25) is 0 Å². The predicted molar refractivity (Wildman–Crippen MR) is 107 cm³/mol. The van der Waals surface area contributed by atoms with E-state index in [0.717, 1.165) is 17.7 Å². The van der Waals surface area contributed by atoms with E-state index in [4.69, 9.17) is 25.4 Å². The van der Waals surface area contributed by atoms with Gasteiger partial charge in [-0.3, -0.25) is 10.2 Å². The number of amides is 1. The second-order valence-electron chi connectivity index (χ2n) is 6.28. The molecule has 0 spiro atoms. The van der Waals surface area contributed by atoms with Crippen LogP contribution in [0, 0.1) is 17.0 Å². The summed E-state index contributed by atoms with van der Waals surface area (Å²) in [6.45, 7) is 2.09. The van der Waals surface area contributed by atoms with E-state index in [2.05, 4.69) is 5.32 Å². The van der Waals surface area contributed by atoms with Crippen LogP contribution in [0.4, 0.5) is 8.78 Å². The number of halogens is 2. The number of rotatable bonds is 11. The van der Waals surface area contributed by atoms with E-state index in [1.807, 2.05) is 0 Å². The van der Waals surface area contributed by atoms with Gasteiger partial charge in [0.25, 0.3) is 5.91 Å². The molecule has 30 heavy (non-hydrogen) atoms. The minimum absolute atomic E-state index is 0.0685. The number of methoxy groups -OCH3 is 1. The maximum Gasteiger partial charge on any atom is 0.254 e. The van der Waals surface area contributed by atoms with E-state index < -0.39 is 29.2 Å². The highest BCUT2D eigenvalue weighted by Crippen LogP contribution is 2.30. The third-order valence-electron chi connectivity index (χ3n) is 4.20. The molecule has 0 heterocycles. The third-order valence-corrected chi connectivity index (χ3v) is 4.20. The number of amidine groups is 1. The monoisotopic (exact) mass is 421 g/mol. The Hall–Kier alpha value is -3.04. The van der Waals surface area contributed by atoms with Gasteiger partial charge < -0.3 is 25.3 Å². The molecule has 0 radical (unpaired) electrons. The molecule has 2 rings (SSSR count). The number of ether oxygens (including phenoxy) is 3. The lowest BCUT2D eigenvalue weighted by Crippen LogP contribution is -2.32. The van der Waals surface area contributed by atoms with Gasteiger partial charge >= 0.3 is 0 Å². The first kappa shape index (κ1) is 23.2. The van der Waals surface area contributed by atoms with Crippen molar-refractivity contribution in [3.05, 3.63) is 64.7 Å². The molecule has 0 aromatic heterocycles. The largest absolute Gasteiger partial charge is 0.488 e. The fourth-order valence-electron chi connectivity index (χ4n) is 2.68. The van der Waals surface area contributed by atoms with Gasteiger partial charge in [0.05, 0.1) is 12.2 Å². The van der Waals surface area contributed by atoms with E-state index in [0.29, 0.717) is 5.56 Å². The number of carbonyl (C=O) groups excluding carboxylic acids is 1. The second-order valence-corrected chi connectivity index (χ2v) is 6.28. The van der Waals surface area contributed by atoms with Crippen LogP contribution in [0.25, 0.3) is 0 Å². The Bertz CT molecular complexity index is 875. The van der Waals surface area contributed by atoms with Crippen LogP contribution in [0.5, 0.6) is 5.75 Å². The van der Waals surface area contributed by atoms with Crippen LogP contribution < -0.4 is 15.8 Å². The average Bonchev–Trinajstić information content (AvgIpc) is 2.73. The summed E-state index contributed by atoms with van der Waals surface area (Å²) in [4.78, 5) is 12.7. The molecule has 7 nitrogen and oxygen atoms in total. The van der Waals surface area contributed by atoms with E-state index >= 15 is 0 Å². The molecule has 9 heteroatoms. The number of hydrogen-bond donors (Lipinski definition) is 3. The van der Waals surface area contributed by atoms with E-state index in [1.54, 1.807) is 31.2 Å². The molecule has 0 aliphatic heterocycles. The molecule has 1 atom stereocenters. The highest BCUT2D eigenvalue weighted by atomic mass is 19.1. The van der Waals surface area contributed by atoms with Crippen LogP contribution in [0.3, 0.4) is 0 Å². The maximum atomic E-state index is 14.9. The summed E-state index contributed by atoms with van der Waals surface area (Å²) in [5.74, 6) is -2.86. The van der Waals surface area contributed by atoms with Crippen molar-refractivity contribution in [1.82, 2.24) is 5.32 Å². The summed E-state index contributed by atoms with van der Waals surface area (Å²) < 4.78 is 44.8. The molecule has 2 aromatic rings. The molecule has 0 aliphatic rings. The zero-order chi connectivity index (χ0) is 22.1. The van der Waals surface area contributed by atoms with Crippen LogP contribution >= 0.6 is 0 Å². The number of nitrogens with two attached hydrogens (primary N) is 1. The Morgan fingerprint density at radius 2 is 1.87 bits per heavy atom. The topological polar surface area (TPSA) is 107 Å². The standard InChI is InChI=1S/C21H25F2N3O4/c1-3-29-19(17-15(22)8-9-16(18(17)23)30-11-10-28-2)21(27)26-12-13-4-6-14(7-5-13)20(24)25/h4-9,19H,3,10-12H2,1-2H3,(H3,24,25)(H,26,27)/t19-/m0/s1. The number of hydrogen-bond acceptors (Lipinski definition) is 5. The number of nitrogens with one attached hydrogen (secondary N) is 2. The van der Waals surface area contributed by atoms with Crippen molar-refractivity contribution in [1.29, 1.82) is 5.41 Å². The summed E-state index contributed by atoms with van der Waals surface area (Å²) in [6.07, 6.45) is -1.49. The number of carbonyl (C=O) groups is 1. The molecule has 0 aliphatic carbocycles. The summed E-state index contributed by atoms with van der Waals surface area (Å²) in [5, 5.41) is 10.0. The lowest BCUT2D eigenvalue weighted by molar-refractivity contribution is -0.133. The zero-order valence-corrected chi connectivity index (χ0v) is 16.8. The molecule has 0 saturated heterocycles. The molecule has 162 valence electrons. The van der Waals surface area contributed by atoms with Gasteiger partial charge in [0.1, 0.15) is 18.3 Å². The molecule has 0 unspecified atom stereocenters. The van der Waals surface area contributed by atoms with Crippen LogP contribution in [0.15, 0.2) is 36.4 Å². The van der Waals surface area contributed by atoms with Crippen molar-refractivity contribution >= 4 is 11.7 Å². The first-order valence-electron chi connectivity index (χ1n) is 9.31. The van der Waals surface area contributed by atoms with Gasteiger partial charge in [0.2, 0.25) is 0 Å². The van der Waals surface area contributed by atoms with Crippen molar-refractivity contribution in [2.24, 2.45) is 5.73 Å². The van der Waals surface area contributed by atoms with Crippen LogP contribution in [-0.4, -0.2) is 38.7 Å². The first-order valence-corrected chi connectivity index (χ1v) is 9.31. The number of benzene rings is 2. The Morgan fingerprint density at radius 1 is 1.17 bits per heavy atom. The Balaban J connectivity index is 2.18. The molecule has 1 amide bonds. The van der Waals surface area contributed by atoms with Crippen LogP contribution in [-0.2, 0) is 20.8 Å². The first-order chi connectivity index (χ1) is 14.4. The smallest absolute Gasteiger partial charge is 0.254 e. The maximum absolute atomic E-state index is 14.9. The normalized spacial score (nSPS) is 11.7. The molecule has 0 saturated carbocycles. The van der Waals surface area contributed by atoms with Crippen molar-refractivity contribution in [3.8, 4) is 5.75 Å². The quantitative estimate of drug-likeness (QED) is 0.294. The van der Waals surface area contributed by atoms with Gasteiger partial charge in [0.15, 0.2) is 17.7 Å². The SMILES string of the molecule is CCO[C@H](C(=O)NCc1ccc(C(=N)N)cc1)c1c(F)ccc(OCCOC)c1F. The van der Waals surface area contributed by atoms with Gasteiger partial charge in [0, 0.05) is 25.8 Å². The predicted octanol–water partition coefficient (Wildman–Crippen LogP) is 2.67. The van der Waals surface area contributed by atoms with E-state index in [-0.39, 0.29) is 38.0 Å². The summed E-state index contributed by atoms with van der Waals surface area (Å²) in [7, 11) is 1.47. The van der Waals surface area contributed by atoms with Gasteiger partial charge in [-0.15, -0.1) is 0 Å². The highest BCUT2D eigenvalue weighted by molar-refractivity contribution is 5.94. The van der Waals surface area contributed by atoms with Gasteiger partial charge in [-0.25, -0.2) is 8.78 Å². The van der Waals surface area contributed by atoms with Gasteiger partial charge in [-0.2, -0.15) is 0 Å². The Kier molecular flexibility index (Phi) is 8.70. The molecule has 4 N–H and O–H groups in total. The molecule has 0 fully saturated rings. The molecular weight excluding hydrogens is 396 g/mol. The fourth-order valence-corrected chi connectivity index (χ4v) is 2.68. The van der Waals surface area contributed by atoms with Crippen LogP contribution in [0.1, 0.15) is 29.7 Å². The lowest BCUT2D eigenvalue weighted by Gasteiger charge is -2.20. The summed E-state index contributed by atoms with van der Waals surface area (Å²) in [5.41, 5.74) is 6.16. The zero-order valence-electron chi connectivity index (χ0n) is 16.8. The molecule has 0 bridgehead atoms. The van der Waals surface area contributed by atoms with Crippen molar-refractivity contribution in [2.75, 3.05) is 26.9 Å². The second kappa shape index (κ2) is 11.2. The summed E-state index contributed by atoms with van der Waals surface area (Å²) in [6, 6.07) is 8.85. The molecular formula is C21H25F2N3O4. The van der Waals surface area contributed by atoms with E-state index in [9.17, 15) is 13.6 Å². The Morgan fingerprint density at radius 3 is 2.47 bits per heavy atom. The Labute approximate surface area is 173 Å². The fraction of sp³-hybridized carbons (Fsp3) is 0.333. The van der Waals surface area contributed by atoms with Crippen molar-refractivity contribution in [2.45, 2.75) is 19.6 Å². The third kappa shape index (κ3) is 5.98. The van der Waals surface area contributed by atoms with E-state index in [1.165, 1.54) is 7.11 Å². The number of nitrogen functional groups attached to an aromatic ring is 1. The van der Waals surface area contributed by atoms with Crippen molar-refractivity contribution in [3.63, 3.8) is 0 Å².